The summed E-state index contributed by atoms with van der Waals surface area (Å²) in [5.41, 5.74) is 6.87. The second-order valence-electron chi connectivity index (χ2n) is 3.37. The van der Waals surface area contributed by atoms with Crippen molar-refractivity contribution in [1.82, 2.24) is 4.98 Å². The van der Waals surface area contributed by atoms with E-state index >= 15 is 0 Å². The van der Waals surface area contributed by atoms with Crippen molar-refractivity contribution >= 4 is 17.6 Å². The van der Waals surface area contributed by atoms with Crippen molar-refractivity contribution in [2.24, 2.45) is 0 Å². The zero-order valence-corrected chi connectivity index (χ0v) is 8.39. The Morgan fingerprint density at radius 3 is 2.92 bits per heavy atom. The van der Waals surface area contributed by atoms with Crippen LogP contribution in [0, 0.1) is 0 Å². The first-order chi connectivity index (χ1) is 6.36. The van der Waals surface area contributed by atoms with E-state index in [1.54, 1.807) is 0 Å². The molecule has 3 heteroatoms. The molecule has 1 aliphatic heterocycles. The molecule has 2 N–H and O–H groups in total. The Labute approximate surface area is 82.9 Å². The molecule has 0 spiro atoms. The van der Waals surface area contributed by atoms with Crippen LogP contribution in [-0.4, -0.2) is 10.7 Å². The largest absolute Gasteiger partial charge is 0.384 e. The lowest BCUT2D eigenvalue weighted by Gasteiger charge is -2.21. The summed E-state index contributed by atoms with van der Waals surface area (Å²) in [4.78, 5) is 4.12. The molecule has 0 radical (unpaired) electrons. The molecule has 1 aromatic heterocycles. The van der Waals surface area contributed by atoms with Gasteiger partial charge < -0.3 is 5.73 Å². The lowest BCUT2D eigenvalue weighted by Crippen LogP contribution is -2.02. The lowest BCUT2D eigenvalue weighted by atomic mass is 10.1. The minimum absolute atomic E-state index is 0.615. The molecule has 13 heavy (non-hydrogen) atoms. The standard InChI is InChI=1S/C10H14N2S/c11-10-5-4-8(7-12-10)9-3-1-2-6-13-9/h4-5,7,9H,1-3,6H2,(H2,11,12). The number of rotatable bonds is 1. The number of aromatic nitrogens is 1. The summed E-state index contributed by atoms with van der Waals surface area (Å²) in [6.07, 6.45) is 5.92. The summed E-state index contributed by atoms with van der Waals surface area (Å²) in [7, 11) is 0. The van der Waals surface area contributed by atoms with Crippen LogP contribution in [0.1, 0.15) is 30.1 Å². The van der Waals surface area contributed by atoms with E-state index in [9.17, 15) is 0 Å². The Morgan fingerprint density at radius 1 is 1.38 bits per heavy atom. The average Bonchev–Trinajstić information content (AvgIpc) is 2.20. The second kappa shape index (κ2) is 4.01. The Bertz CT molecular complexity index is 265. The van der Waals surface area contributed by atoms with Gasteiger partial charge in [0.05, 0.1) is 0 Å². The van der Waals surface area contributed by atoms with Crippen LogP contribution in [0.4, 0.5) is 5.82 Å². The number of hydrogen-bond donors (Lipinski definition) is 1. The van der Waals surface area contributed by atoms with Gasteiger partial charge in [-0.1, -0.05) is 12.5 Å². The van der Waals surface area contributed by atoms with Crippen molar-refractivity contribution in [3.8, 4) is 0 Å². The summed E-state index contributed by atoms with van der Waals surface area (Å²) in [5.74, 6) is 1.90. The first-order valence-corrected chi connectivity index (χ1v) is 5.74. The highest BCUT2D eigenvalue weighted by molar-refractivity contribution is 7.99. The van der Waals surface area contributed by atoms with Crippen molar-refractivity contribution in [2.75, 3.05) is 11.5 Å². The van der Waals surface area contributed by atoms with E-state index in [1.807, 2.05) is 24.0 Å². The maximum Gasteiger partial charge on any atom is 0.123 e. The molecule has 0 amide bonds. The van der Waals surface area contributed by atoms with Gasteiger partial charge in [-0.2, -0.15) is 11.8 Å². The zero-order valence-electron chi connectivity index (χ0n) is 7.57. The highest BCUT2D eigenvalue weighted by Gasteiger charge is 2.15. The Balaban J connectivity index is 2.10. The Hall–Kier alpha value is -0.700. The van der Waals surface area contributed by atoms with Crippen molar-refractivity contribution in [2.45, 2.75) is 24.5 Å². The van der Waals surface area contributed by atoms with Gasteiger partial charge in [0.25, 0.3) is 0 Å². The molecule has 1 fully saturated rings. The summed E-state index contributed by atoms with van der Waals surface area (Å²) in [6.45, 7) is 0. The topological polar surface area (TPSA) is 38.9 Å². The van der Waals surface area contributed by atoms with Gasteiger partial charge in [0.2, 0.25) is 0 Å². The molecule has 1 saturated heterocycles. The molecule has 1 atom stereocenters. The molecule has 1 unspecified atom stereocenters. The maximum atomic E-state index is 5.54. The van der Waals surface area contributed by atoms with Crippen LogP contribution in [0.5, 0.6) is 0 Å². The predicted octanol–water partition coefficient (Wildman–Crippen LogP) is 2.62. The van der Waals surface area contributed by atoms with Crippen molar-refractivity contribution in [3.05, 3.63) is 23.9 Å². The fraction of sp³-hybridized carbons (Fsp3) is 0.500. The van der Waals surface area contributed by atoms with Crippen molar-refractivity contribution in [3.63, 3.8) is 0 Å². The summed E-state index contributed by atoms with van der Waals surface area (Å²) >= 11 is 2.04. The maximum absolute atomic E-state index is 5.54. The fourth-order valence-electron chi connectivity index (χ4n) is 1.61. The Kier molecular flexibility index (Phi) is 2.74. The van der Waals surface area contributed by atoms with Crippen LogP contribution in [0.3, 0.4) is 0 Å². The van der Waals surface area contributed by atoms with Crippen molar-refractivity contribution in [1.29, 1.82) is 0 Å². The number of nitrogen functional groups attached to an aromatic ring is 1. The van der Waals surface area contributed by atoms with E-state index in [0.29, 0.717) is 11.1 Å². The quantitative estimate of drug-likeness (QED) is 0.747. The highest BCUT2D eigenvalue weighted by Crippen LogP contribution is 2.37. The molecule has 1 aliphatic rings. The van der Waals surface area contributed by atoms with E-state index in [2.05, 4.69) is 11.1 Å². The number of nitrogens with two attached hydrogens (primary N) is 1. The molecule has 70 valence electrons. The van der Waals surface area contributed by atoms with Crippen LogP contribution >= 0.6 is 11.8 Å². The smallest absolute Gasteiger partial charge is 0.123 e. The first kappa shape index (κ1) is 8.88. The molecule has 1 aromatic rings. The third kappa shape index (κ3) is 2.15. The third-order valence-electron chi connectivity index (χ3n) is 2.36. The van der Waals surface area contributed by atoms with E-state index < -0.39 is 0 Å². The predicted molar refractivity (Wildman–Crippen MR) is 57.7 cm³/mol. The molecule has 0 aliphatic carbocycles. The van der Waals surface area contributed by atoms with E-state index in [1.165, 1.54) is 30.6 Å². The molecular formula is C10H14N2S. The van der Waals surface area contributed by atoms with Gasteiger partial charge in [-0.05, 0) is 30.2 Å². The van der Waals surface area contributed by atoms with Crippen LogP contribution in [0.2, 0.25) is 0 Å². The van der Waals surface area contributed by atoms with Crippen LogP contribution < -0.4 is 5.73 Å². The van der Waals surface area contributed by atoms with Crippen LogP contribution in [0.15, 0.2) is 18.3 Å². The number of hydrogen-bond acceptors (Lipinski definition) is 3. The van der Waals surface area contributed by atoms with Gasteiger partial charge in [0.15, 0.2) is 0 Å². The number of pyridine rings is 1. The molecule has 2 nitrogen and oxygen atoms in total. The zero-order chi connectivity index (χ0) is 9.10. The summed E-state index contributed by atoms with van der Waals surface area (Å²) in [6, 6.07) is 4.00. The molecule has 2 heterocycles. The Morgan fingerprint density at radius 2 is 2.31 bits per heavy atom. The average molecular weight is 194 g/mol. The van der Waals surface area contributed by atoms with Gasteiger partial charge in [-0.3, -0.25) is 0 Å². The van der Waals surface area contributed by atoms with Gasteiger partial charge in [0, 0.05) is 11.4 Å². The number of nitrogens with zero attached hydrogens (tertiary/aromatic N) is 1. The molecule has 0 aromatic carbocycles. The minimum atomic E-state index is 0.615. The van der Waals surface area contributed by atoms with E-state index in [-0.39, 0.29) is 0 Å². The first-order valence-electron chi connectivity index (χ1n) is 4.69. The van der Waals surface area contributed by atoms with Gasteiger partial charge in [0.1, 0.15) is 5.82 Å². The number of anilines is 1. The van der Waals surface area contributed by atoms with Gasteiger partial charge >= 0.3 is 0 Å². The van der Waals surface area contributed by atoms with Crippen LogP contribution in [0.25, 0.3) is 0 Å². The lowest BCUT2D eigenvalue weighted by molar-refractivity contribution is 0.685. The van der Waals surface area contributed by atoms with Crippen molar-refractivity contribution < 1.29 is 0 Å². The molecule has 0 bridgehead atoms. The summed E-state index contributed by atoms with van der Waals surface area (Å²) in [5, 5.41) is 0.654. The van der Waals surface area contributed by atoms with E-state index in [4.69, 9.17) is 5.73 Å². The third-order valence-corrected chi connectivity index (χ3v) is 3.80. The summed E-state index contributed by atoms with van der Waals surface area (Å²) < 4.78 is 0. The van der Waals surface area contributed by atoms with Gasteiger partial charge in [-0.15, -0.1) is 0 Å². The molecule has 2 rings (SSSR count). The molecular weight excluding hydrogens is 180 g/mol. The van der Waals surface area contributed by atoms with Gasteiger partial charge in [-0.25, -0.2) is 4.98 Å². The highest BCUT2D eigenvalue weighted by atomic mass is 32.2. The van der Waals surface area contributed by atoms with E-state index in [0.717, 1.165) is 0 Å². The minimum Gasteiger partial charge on any atom is -0.384 e. The second-order valence-corrected chi connectivity index (χ2v) is 4.68. The van der Waals surface area contributed by atoms with Crippen LogP contribution in [-0.2, 0) is 0 Å². The monoisotopic (exact) mass is 194 g/mol. The normalized spacial score (nSPS) is 22.9. The fourth-order valence-corrected chi connectivity index (χ4v) is 2.93. The number of thioether (sulfide) groups is 1. The SMILES string of the molecule is Nc1ccc(C2CCCCS2)cn1. The molecule has 0 saturated carbocycles.